The molecule has 1 heterocycles. The lowest BCUT2D eigenvalue weighted by Gasteiger charge is -2.22. The summed E-state index contributed by atoms with van der Waals surface area (Å²) in [7, 11) is 0. The van der Waals surface area contributed by atoms with E-state index >= 15 is 0 Å². The molecule has 4 nitrogen and oxygen atoms in total. The number of ketones is 1. The summed E-state index contributed by atoms with van der Waals surface area (Å²) in [6.45, 7) is 4.42. The lowest BCUT2D eigenvalue weighted by molar-refractivity contribution is -0.117. The first-order valence-electron chi connectivity index (χ1n) is 8.18. The van der Waals surface area contributed by atoms with Gasteiger partial charge < -0.3 is 15.5 Å². The number of nitrogens with one attached hydrogen (secondary N) is 2. The minimum atomic E-state index is -0.119. The van der Waals surface area contributed by atoms with E-state index in [2.05, 4.69) is 11.6 Å². The quantitative estimate of drug-likeness (QED) is 0.384. The Kier molecular flexibility index (Phi) is 6.51. The summed E-state index contributed by atoms with van der Waals surface area (Å²) < 4.78 is 5.92. The third-order valence-corrected chi connectivity index (χ3v) is 4.59. The van der Waals surface area contributed by atoms with Crippen molar-refractivity contribution in [2.24, 2.45) is 11.8 Å². The van der Waals surface area contributed by atoms with Gasteiger partial charge in [-0.2, -0.15) is 11.8 Å². The molecular formula is C18H26N2O2S. The molecule has 1 fully saturated rings. The molecule has 0 bridgehead atoms. The molecule has 2 rings (SSSR count). The maximum atomic E-state index is 12.3. The molecule has 0 saturated heterocycles. The van der Waals surface area contributed by atoms with E-state index in [1.807, 2.05) is 37.8 Å². The highest BCUT2D eigenvalue weighted by Crippen LogP contribution is 2.39. The van der Waals surface area contributed by atoms with Crippen LogP contribution in [-0.4, -0.2) is 30.6 Å². The van der Waals surface area contributed by atoms with E-state index in [0.29, 0.717) is 18.1 Å². The van der Waals surface area contributed by atoms with Crippen LogP contribution in [-0.2, 0) is 9.53 Å². The fourth-order valence-electron chi connectivity index (χ4n) is 2.43. The van der Waals surface area contributed by atoms with E-state index < -0.39 is 0 Å². The van der Waals surface area contributed by atoms with Crippen molar-refractivity contribution in [1.29, 1.82) is 5.41 Å². The van der Waals surface area contributed by atoms with Crippen LogP contribution in [0.15, 0.2) is 34.9 Å². The van der Waals surface area contributed by atoms with Gasteiger partial charge in [0, 0.05) is 18.1 Å². The van der Waals surface area contributed by atoms with Crippen molar-refractivity contribution in [1.82, 2.24) is 5.32 Å². The third-order valence-electron chi connectivity index (χ3n) is 3.90. The summed E-state index contributed by atoms with van der Waals surface area (Å²) in [5, 5.41) is 11.0. The van der Waals surface area contributed by atoms with Gasteiger partial charge in [0.05, 0.1) is 23.6 Å². The molecule has 1 aliphatic carbocycles. The molecule has 0 aromatic rings. The molecule has 0 aromatic carbocycles. The molecule has 0 amide bonds. The summed E-state index contributed by atoms with van der Waals surface area (Å²) in [5.74, 6) is 2.35. The zero-order valence-corrected chi connectivity index (χ0v) is 15.0. The van der Waals surface area contributed by atoms with E-state index in [1.165, 1.54) is 0 Å². The lowest BCUT2D eigenvalue weighted by Crippen LogP contribution is -2.25. The summed E-state index contributed by atoms with van der Waals surface area (Å²) >= 11 is 1.82. The van der Waals surface area contributed by atoms with Crippen molar-refractivity contribution in [3.63, 3.8) is 0 Å². The fourth-order valence-corrected chi connectivity index (χ4v) is 2.84. The molecule has 1 saturated carbocycles. The average molecular weight is 334 g/mol. The molecule has 23 heavy (non-hydrogen) atoms. The van der Waals surface area contributed by atoms with Gasteiger partial charge in [0.15, 0.2) is 5.78 Å². The summed E-state index contributed by atoms with van der Waals surface area (Å²) in [5.41, 5.74) is 2.23. The lowest BCUT2D eigenvalue weighted by atomic mass is 9.98. The van der Waals surface area contributed by atoms with E-state index in [0.717, 1.165) is 48.4 Å². The Morgan fingerprint density at radius 2 is 2.22 bits per heavy atom. The normalized spacial score (nSPS) is 19.7. The number of carbonyl (C=O) groups excluding carboxylic acids is 1. The second-order valence-corrected chi connectivity index (χ2v) is 7.18. The molecule has 126 valence electrons. The molecular weight excluding hydrogens is 308 g/mol. The predicted octanol–water partition coefficient (Wildman–Crippen LogP) is 3.67. The van der Waals surface area contributed by atoms with Gasteiger partial charge in [-0.25, -0.2) is 0 Å². The monoisotopic (exact) mass is 334 g/mol. The van der Waals surface area contributed by atoms with Gasteiger partial charge in [-0.05, 0) is 43.4 Å². The van der Waals surface area contributed by atoms with Crippen LogP contribution in [0.5, 0.6) is 0 Å². The minimum Gasteiger partial charge on any atom is -0.492 e. The number of rotatable bonds is 9. The molecule has 5 heteroatoms. The smallest absolute Gasteiger partial charge is 0.169 e. The van der Waals surface area contributed by atoms with Gasteiger partial charge in [0.25, 0.3) is 0 Å². The molecule has 0 unspecified atom stereocenters. The van der Waals surface area contributed by atoms with E-state index in [-0.39, 0.29) is 11.7 Å². The van der Waals surface area contributed by atoms with Crippen molar-refractivity contribution >= 4 is 23.8 Å². The van der Waals surface area contributed by atoms with Crippen LogP contribution in [0.3, 0.4) is 0 Å². The van der Waals surface area contributed by atoms with Gasteiger partial charge in [0.2, 0.25) is 0 Å². The van der Waals surface area contributed by atoms with Gasteiger partial charge in [-0.15, -0.1) is 0 Å². The Hall–Kier alpha value is -1.49. The second kappa shape index (κ2) is 8.39. The molecule has 0 spiro atoms. The number of hydrogen-bond donors (Lipinski definition) is 2. The number of ether oxygens (including phenoxy) is 1. The van der Waals surface area contributed by atoms with Crippen molar-refractivity contribution in [2.75, 3.05) is 18.6 Å². The van der Waals surface area contributed by atoms with Crippen LogP contribution in [0.4, 0.5) is 0 Å². The van der Waals surface area contributed by atoms with Crippen LogP contribution >= 0.6 is 11.8 Å². The van der Waals surface area contributed by atoms with Crippen molar-refractivity contribution < 1.29 is 9.53 Å². The van der Waals surface area contributed by atoms with Crippen LogP contribution < -0.4 is 5.32 Å². The number of hydrogen-bond acceptors (Lipinski definition) is 5. The first-order valence-corrected chi connectivity index (χ1v) is 9.57. The number of allylic oxidation sites excluding steroid dienone is 4. The first-order chi connectivity index (χ1) is 11.1. The van der Waals surface area contributed by atoms with E-state index in [4.69, 9.17) is 10.1 Å². The van der Waals surface area contributed by atoms with E-state index in [9.17, 15) is 4.79 Å². The molecule has 1 aliphatic heterocycles. The molecule has 0 atom stereocenters. The maximum Gasteiger partial charge on any atom is 0.169 e. The Labute approximate surface area is 142 Å². The average Bonchev–Trinajstić information content (AvgIpc) is 3.37. The topological polar surface area (TPSA) is 62.2 Å². The largest absolute Gasteiger partial charge is 0.492 e. The minimum absolute atomic E-state index is 0.00774. The highest BCUT2D eigenvalue weighted by atomic mass is 32.2. The Morgan fingerprint density at radius 1 is 1.48 bits per heavy atom. The Morgan fingerprint density at radius 3 is 2.78 bits per heavy atom. The highest BCUT2D eigenvalue weighted by Gasteiger charge is 2.31. The van der Waals surface area contributed by atoms with Crippen molar-refractivity contribution in [2.45, 2.75) is 33.1 Å². The summed E-state index contributed by atoms with van der Waals surface area (Å²) in [6, 6.07) is 0. The van der Waals surface area contributed by atoms with Crippen LogP contribution in [0.25, 0.3) is 0 Å². The standard InChI is InChI=1S/C18H26N2O2S/c1-12(2)18(21)14(11-19)15-7-8-16(22-9-4-10-23-3)17(20-15)13-5-6-13/h7-8,11-13,19-20H,4-6,9-10H2,1-3H3/b15-14+,19-11?. The highest BCUT2D eigenvalue weighted by molar-refractivity contribution is 7.98. The van der Waals surface area contributed by atoms with Crippen LogP contribution in [0, 0.1) is 17.2 Å². The predicted molar refractivity (Wildman–Crippen MR) is 96.6 cm³/mol. The number of carbonyl (C=O) groups is 1. The fraction of sp³-hybridized carbons (Fsp3) is 0.556. The molecule has 0 aromatic heterocycles. The SMILES string of the molecule is CSCCCOC1=C(C2CC2)N/C(=C(\C=N)C(=O)C(C)C)C=C1. The maximum absolute atomic E-state index is 12.3. The van der Waals surface area contributed by atoms with Crippen LogP contribution in [0.2, 0.25) is 0 Å². The second-order valence-electron chi connectivity index (χ2n) is 6.20. The van der Waals surface area contributed by atoms with Gasteiger partial charge >= 0.3 is 0 Å². The van der Waals surface area contributed by atoms with Crippen molar-refractivity contribution in [3.8, 4) is 0 Å². The van der Waals surface area contributed by atoms with Gasteiger partial charge in [-0.1, -0.05) is 13.8 Å². The van der Waals surface area contributed by atoms with E-state index in [1.54, 1.807) is 0 Å². The third kappa shape index (κ3) is 4.74. The zero-order valence-electron chi connectivity index (χ0n) is 14.1. The zero-order chi connectivity index (χ0) is 16.8. The Balaban J connectivity index is 2.16. The Bertz CT molecular complexity index is 557. The number of thioether (sulfide) groups is 1. The molecule has 2 N–H and O–H groups in total. The van der Waals surface area contributed by atoms with Crippen LogP contribution in [0.1, 0.15) is 33.1 Å². The first kappa shape index (κ1) is 17.9. The molecule has 0 radical (unpaired) electrons. The van der Waals surface area contributed by atoms with Gasteiger partial charge in [0.1, 0.15) is 5.76 Å². The summed E-state index contributed by atoms with van der Waals surface area (Å²) in [4.78, 5) is 12.3. The summed E-state index contributed by atoms with van der Waals surface area (Å²) in [6.07, 6.45) is 10.4. The number of dihydropyridines is 1. The van der Waals surface area contributed by atoms with Crippen molar-refractivity contribution in [3.05, 3.63) is 34.9 Å². The molecule has 2 aliphatic rings. The number of Topliss-reactive ketones (excluding diaryl/α,β-unsaturated/α-hetero) is 1. The van der Waals surface area contributed by atoms with Gasteiger partial charge in [-0.3, -0.25) is 4.79 Å².